The Labute approximate surface area is 177 Å². The molecule has 2 N–H and O–H groups in total. The summed E-state index contributed by atoms with van der Waals surface area (Å²) in [7, 11) is 0. The topological polar surface area (TPSA) is 50.6 Å². The van der Waals surface area contributed by atoms with Crippen LogP contribution in [0.2, 0.25) is 0 Å². The summed E-state index contributed by atoms with van der Waals surface area (Å²) in [5.41, 5.74) is 6.16. The minimum atomic E-state index is 0.513. The molecule has 0 saturated carbocycles. The molecule has 0 aliphatic carbocycles. The number of hydrogen-bond acceptors (Lipinski definition) is 3. The molecule has 0 radical (unpaired) electrons. The Hall–Kier alpha value is -3.12. The average molecular weight is 407 g/mol. The summed E-state index contributed by atoms with van der Waals surface area (Å²) >= 11 is 5.14. The van der Waals surface area contributed by atoms with Gasteiger partial charge in [0, 0.05) is 29.2 Å². The molecule has 2 aromatic carbocycles. The van der Waals surface area contributed by atoms with Gasteiger partial charge in [-0.1, -0.05) is 42.5 Å². The summed E-state index contributed by atoms with van der Waals surface area (Å²) in [6.45, 7) is 7.88. The monoisotopic (exact) mass is 406 g/mol. The van der Waals surface area contributed by atoms with E-state index in [4.69, 9.17) is 17.0 Å². The molecule has 6 heteroatoms. The Balaban J connectivity index is 1.71. The van der Waals surface area contributed by atoms with Crippen LogP contribution in [0.1, 0.15) is 18.1 Å². The standard InChI is InChI=1S/C23H26N4OS/c1-3-9-18-10-5-8-13-22(18)28-15-14-27-17-19(16-25-26-23(29)24-4-2)20-11-6-7-12-21(20)27/h3,5-8,10-13,16-17H,1,4,9,14-15H2,2H3,(H2,24,26,29). The number of nitrogens with one attached hydrogen (secondary N) is 2. The average Bonchev–Trinajstić information content (AvgIpc) is 3.08. The molecule has 0 amide bonds. The van der Waals surface area contributed by atoms with Crippen molar-refractivity contribution in [2.45, 2.75) is 19.9 Å². The summed E-state index contributed by atoms with van der Waals surface area (Å²) in [6, 6.07) is 16.4. The Morgan fingerprint density at radius 2 is 2.00 bits per heavy atom. The van der Waals surface area contributed by atoms with Gasteiger partial charge in [-0.25, -0.2) is 0 Å². The molecule has 0 saturated heterocycles. The normalized spacial score (nSPS) is 10.9. The van der Waals surface area contributed by atoms with Crippen LogP contribution in [0.15, 0.2) is 72.5 Å². The van der Waals surface area contributed by atoms with Crippen molar-refractivity contribution >= 4 is 34.4 Å². The Morgan fingerprint density at radius 3 is 2.83 bits per heavy atom. The molecule has 0 aliphatic heterocycles. The largest absolute Gasteiger partial charge is 0.491 e. The number of ether oxygens (including phenoxy) is 1. The van der Waals surface area contributed by atoms with E-state index in [0.717, 1.165) is 47.3 Å². The number of rotatable bonds is 9. The van der Waals surface area contributed by atoms with Crippen molar-refractivity contribution in [3.63, 3.8) is 0 Å². The molecule has 0 atom stereocenters. The number of thiocarbonyl (C=S) groups is 1. The van der Waals surface area contributed by atoms with E-state index in [2.05, 4.69) is 51.4 Å². The highest BCUT2D eigenvalue weighted by molar-refractivity contribution is 7.80. The Kier molecular flexibility index (Phi) is 7.41. The van der Waals surface area contributed by atoms with Crippen LogP contribution in [-0.4, -0.2) is 29.0 Å². The minimum absolute atomic E-state index is 0.513. The summed E-state index contributed by atoms with van der Waals surface area (Å²) in [6.07, 6.45) is 6.57. The maximum Gasteiger partial charge on any atom is 0.186 e. The van der Waals surface area contributed by atoms with Gasteiger partial charge < -0.3 is 14.6 Å². The molecule has 0 aliphatic rings. The van der Waals surface area contributed by atoms with Crippen molar-refractivity contribution in [2.24, 2.45) is 5.10 Å². The smallest absolute Gasteiger partial charge is 0.186 e. The first-order valence-electron chi connectivity index (χ1n) is 9.69. The van der Waals surface area contributed by atoms with Gasteiger partial charge >= 0.3 is 0 Å². The molecule has 1 heterocycles. The minimum Gasteiger partial charge on any atom is -0.491 e. The van der Waals surface area contributed by atoms with Crippen LogP contribution in [0.5, 0.6) is 5.75 Å². The van der Waals surface area contributed by atoms with Gasteiger partial charge in [0.2, 0.25) is 0 Å². The lowest BCUT2D eigenvalue weighted by Gasteiger charge is -2.11. The number of nitrogens with zero attached hydrogens (tertiary/aromatic N) is 2. The van der Waals surface area contributed by atoms with Gasteiger partial charge in [0.25, 0.3) is 0 Å². The van der Waals surface area contributed by atoms with Crippen LogP contribution in [0, 0.1) is 0 Å². The predicted octanol–water partition coefficient (Wildman–Crippen LogP) is 4.27. The van der Waals surface area contributed by atoms with Gasteiger partial charge in [-0.05, 0) is 43.3 Å². The van der Waals surface area contributed by atoms with Crippen molar-refractivity contribution in [3.05, 3.63) is 78.5 Å². The second-order valence-electron chi connectivity index (χ2n) is 6.47. The van der Waals surface area contributed by atoms with Gasteiger partial charge in [-0.3, -0.25) is 5.43 Å². The van der Waals surface area contributed by atoms with Crippen LogP contribution in [0.25, 0.3) is 10.9 Å². The fourth-order valence-electron chi connectivity index (χ4n) is 3.15. The molecule has 1 aromatic heterocycles. The molecule has 150 valence electrons. The summed E-state index contributed by atoms with van der Waals surface area (Å²) in [5.74, 6) is 0.909. The second kappa shape index (κ2) is 10.4. The summed E-state index contributed by atoms with van der Waals surface area (Å²) in [4.78, 5) is 0. The molecule has 0 bridgehead atoms. The number of hydrazone groups is 1. The van der Waals surface area contributed by atoms with Crippen LogP contribution < -0.4 is 15.5 Å². The number of fused-ring (bicyclic) bond motifs is 1. The maximum atomic E-state index is 6.05. The van der Waals surface area contributed by atoms with Crippen molar-refractivity contribution in [1.29, 1.82) is 0 Å². The highest BCUT2D eigenvalue weighted by atomic mass is 32.1. The molecular weight excluding hydrogens is 380 g/mol. The lowest BCUT2D eigenvalue weighted by Crippen LogP contribution is -2.31. The van der Waals surface area contributed by atoms with Crippen LogP contribution in [0.4, 0.5) is 0 Å². The van der Waals surface area contributed by atoms with Gasteiger partial charge in [-0.15, -0.1) is 6.58 Å². The van der Waals surface area contributed by atoms with E-state index >= 15 is 0 Å². The van der Waals surface area contributed by atoms with Crippen molar-refractivity contribution < 1.29 is 4.74 Å². The molecule has 0 fully saturated rings. The molecule has 0 unspecified atom stereocenters. The van der Waals surface area contributed by atoms with Crippen LogP contribution in [-0.2, 0) is 13.0 Å². The van der Waals surface area contributed by atoms with Crippen LogP contribution >= 0.6 is 12.2 Å². The Bertz CT molecular complexity index is 1010. The number of aromatic nitrogens is 1. The van der Waals surface area contributed by atoms with Crippen LogP contribution in [0.3, 0.4) is 0 Å². The Morgan fingerprint density at radius 1 is 1.21 bits per heavy atom. The van der Waals surface area contributed by atoms with Crippen molar-refractivity contribution in [3.8, 4) is 5.75 Å². The first-order valence-corrected chi connectivity index (χ1v) is 10.1. The molecule has 3 aromatic rings. The lowest BCUT2D eigenvalue weighted by atomic mass is 10.1. The third-order valence-electron chi connectivity index (χ3n) is 4.45. The number of benzene rings is 2. The molecular formula is C23H26N4OS. The number of allylic oxidation sites excluding steroid dienone is 1. The quantitative estimate of drug-likeness (QED) is 0.241. The molecule has 29 heavy (non-hydrogen) atoms. The number of para-hydroxylation sites is 2. The second-order valence-corrected chi connectivity index (χ2v) is 6.88. The van der Waals surface area contributed by atoms with Gasteiger partial charge in [0.1, 0.15) is 12.4 Å². The van der Waals surface area contributed by atoms with E-state index in [9.17, 15) is 0 Å². The van der Waals surface area contributed by atoms with E-state index in [1.165, 1.54) is 0 Å². The first-order chi connectivity index (χ1) is 14.2. The fraction of sp³-hybridized carbons (Fsp3) is 0.217. The van der Waals surface area contributed by atoms with Crippen molar-refractivity contribution in [1.82, 2.24) is 15.3 Å². The van der Waals surface area contributed by atoms with E-state index < -0.39 is 0 Å². The fourth-order valence-corrected chi connectivity index (χ4v) is 3.34. The third-order valence-corrected chi connectivity index (χ3v) is 4.69. The van der Waals surface area contributed by atoms with Gasteiger partial charge in [0.05, 0.1) is 12.8 Å². The van der Waals surface area contributed by atoms with E-state index in [0.29, 0.717) is 11.7 Å². The zero-order valence-electron chi connectivity index (χ0n) is 16.6. The zero-order chi connectivity index (χ0) is 20.5. The lowest BCUT2D eigenvalue weighted by molar-refractivity contribution is 0.298. The van der Waals surface area contributed by atoms with Gasteiger partial charge in [0.15, 0.2) is 5.11 Å². The molecule has 5 nitrogen and oxygen atoms in total. The number of hydrogen-bond donors (Lipinski definition) is 2. The highest BCUT2D eigenvalue weighted by Crippen LogP contribution is 2.21. The van der Waals surface area contributed by atoms with Crippen molar-refractivity contribution in [2.75, 3.05) is 13.2 Å². The first kappa shape index (κ1) is 20.6. The molecule has 0 spiro atoms. The van der Waals surface area contributed by atoms with E-state index in [1.807, 2.05) is 43.3 Å². The van der Waals surface area contributed by atoms with E-state index in [1.54, 1.807) is 6.21 Å². The summed E-state index contributed by atoms with van der Waals surface area (Å²) in [5, 5.41) is 8.91. The third kappa shape index (κ3) is 5.45. The molecule has 3 rings (SSSR count). The SMILES string of the molecule is C=CCc1ccccc1OCCn1cc(C=NNC(=S)NCC)c2ccccc21. The predicted molar refractivity (Wildman–Crippen MR) is 125 cm³/mol. The summed E-state index contributed by atoms with van der Waals surface area (Å²) < 4.78 is 8.24. The van der Waals surface area contributed by atoms with E-state index in [-0.39, 0.29) is 0 Å². The maximum absolute atomic E-state index is 6.05. The highest BCUT2D eigenvalue weighted by Gasteiger charge is 2.07. The van der Waals surface area contributed by atoms with Gasteiger partial charge in [-0.2, -0.15) is 5.10 Å². The zero-order valence-corrected chi connectivity index (χ0v) is 17.4.